The van der Waals surface area contributed by atoms with Crippen molar-refractivity contribution < 1.29 is 4.74 Å². The lowest BCUT2D eigenvalue weighted by molar-refractivity contribution is 0.321. The van der Waals surface area contributed by atoms with Crippen molar-refractivity contribution in [2.75, 3.05) is 26.7 Å². The normalized spacial score (nSPS) is 10.7. The standard InChI is InChI=1S/C17H21BrN4O.HI/c1-19-17(21-10-8-15-6-2-3-9-20-15)22-11-12-23-16-7-4-5-14(18)13-16;/h2-7,9,13H,8,10-12H2,1H3,(H2,19,21,22);1H. The number of aliphatic imine (C=N–C) groups is 1. The third kappa shape index (κ3) is 7.96. The molecule has 5 nitrogen and oxygen atoms in total. The summed E-state index contributed by atoms with van der Waals surface area (Å²) in [6.45, 7) is 2.02. The molecule has 1 heterocycles. The van der Waals surface area contributed by atoms with Gasteiger partial charge in [-0.2, -0.15) is 0 Å². The number of nitrogens with one attached hydrogen (secondary N) is 2. The molecule has 0 aliphatic heterocycles. The smallest absolute Gasteiger partial charge is 0.191 e. The van der Waals surface area contributed by atoms with Crippen molar-refractivity contribution in [3.63, 3.8) is 0 Å². The number of hydrogen-bond acceptors (Lipinski definition) is 3. The fourth-order valence-electron chi connectivity index (χ4n) is 1.97. The van der Waals surface area contributed by atoms with Gasteiger partial charge in [-0.15, -0.1) is 24.0 Å². The van der Waals surface area contributed by atoms with Gasteiger partial charge in [0, 0.05) is 36.4 Å². The Hall–Kier alpha value is -1.35. The fraction of sp³-hybridized carbons (Fsp3) is 0.294. The Kier molecular flexibility index (Phi) is 10.4. The van der Waals surface area contributed by atoms with Gasteiger partial charge in [0.2, 0.25) is 0 Å². The van der Waals surface area contributed by atoms with Crippen LogP contribution >= 0.6 is 39.9 Å². The van der Waals surface area contributed by atoms with E-state index in [-0.39, 0.29) is 24.0 Å². The maximum absolute atomic E-state index is 5.67. The number of hydrogen-bond donors (Lipinski definition) is 2. The van der Waals surface area contributed by atoms with Crippen LogP contribution in [0.1, 0.15) is 5.69 Å². The van der Waals surface area contributed by atoms with Crippen LogP contribution in [-0.4, -0.2) is 37.7 Å². The highest BCUT2D eigenvalue weighted by molar-refractivity contribution is 14.0. The Balaban J connectivity index is 0.00000288. The SMILES string of the molecule is CN=C(NCCOc1cccc(Br)c1)NCCc1ccccn1.I. The number of rotatable bonds is 7. The molecule has 0 spiro atoms. The molecule has 130 valence electrons. The Bertz CT molecular complexity index is 625. The largest absolute Gasteiger partial charge is 0.492 e. The van der Waals surface area contributed by atoms with Crippen molar-refractivity contribution in [1.82, 2.24) is 15.6 Å². The first-order valence-corrected chi connectivity index (χ1v) is 8.30. The van der Waals surface area contributed by atoms with Crippen molar-refractivity contribution in [2.24, 2.45) is 4.99 Å². The zero-order valence-electron chi connectivity index (χ0n) is 13.5. The highest BCUT2D eigenvalue weighted by atomic mass is 127. The van der Waals surface area contributed by atoms with Crippen LogP contribution in [0, 0.1) is 0 Å². The summed E-state index contributed by atoms with van der Waals surface area (Å²) in [5.41, 5.74) is 1.06. The topological polar surface area (TPSA) is 58.5 Å². The van der Waals surface area contributed by atoms with Gasteiger partial charge in [0.25, 0.3) is 0 Å². The fourth-order valence-corrected chi connectivity index (χ4v) is 2.35. The summed E-state index contributed by atoms with van der Waals surface area (Å²) in [6.07, 6.45) is 2.66. The Morgan fingerprint density at radius 2 is 2.00 bits per heavy atom. The first-order valence-electron chi connectivity index (χ1n) is 7.51. The Labute approximate surface area is 168 Å². The summed E-state index contributed by atoms with van der Waals surface area (Å²) < 4.78 is 6.68. The van der Waals surface area contributed by atoms with Gasteiger partial charge in [-0.1, -0.05) is 28.1 Å². The van der Waals surface area contributed by atoms with Crippen LogP contribution in [0.4, 0.5) is 0 Å². The van der Waals surface area contributed by atoms with E-state index in [0.717, 1.165) is 34.8 Å². The van der Waals surface area contributed by atoms with E-state index in [1.807, 2.05) is 48.7 Å². The molecule has 2 N–H and O–H groups in total. The quantitative estimate of drug-likeness (QED) is 0.263. The van der Waals surface area contributed by atoms with Gasteiger partial charge in [-0.25, -0.2) is 0 Å². The molecule has 0 fully saturated rings. The first-order chi connectivity index (χ1) is 11.3. The zero-order valence-corrected chi connectivity index (χ0v) is 17.5. The van der Waals surface area contributed by atoms with E-state index in [1.54, 1.807) is 7.05 Å². The molecule has 2 rings (SSSR count). The lowest BCUT2D eigenvalue weighted by atomic mass is 10.3. The number of pyridine rings is 1. The summed E-state index contributed by atoms with van der Waals surface area (Å²) in [5, 5.41) is 6.48. The van der Waals surface area contributed by atoms with E-state index in [4.69, 9.17) is 4.74 Å². The first kappa shape index (κ1) is 20.7. The predicted octanol–water partition coefficient (Wildman–Crippen LogP) is 3.25. The molecule has 0 saturated heterocycles. The number of benzene rings is 1. The molecule has 0 aliphatic rings. The van der Waals surface area contributed by atoms with Gasteiger partial charge < -0.3 is 15.4 Å². The van der Waals surface area contributed by atoms with Gasteiger partial charge in [-0.05, 0) is 30.3 Å². The Morgan fingerprint density at radius 1 is 1.17 bits per heavy atom. The number of guanidine groups is 1. The molecule has 0 saturated carbocycles. The molecule has 0 atom stereocenters. The number of nitrogens with zero attached hydrogens (tertiary/aromatic N) is 2. The van der Waals surface area contributed by atoms with Crippen molar-refractivity contribution in [1.29, 1.82) is 0 Å². The summed E-state index contributed by atoms with van der Waals surface area (Å²) in [6, 6.07) is 13.7. The minimum atomic E-state index is 0. The van der Waals surface area contributed by atoms with E-state index < -0.39 is 0 Å². The van der Waals surface area contributed by atoms with E-state index in [0.29, 0.717) is 13.2 Å². The van der Waals surface area contributed by atoms with Gasteiger partial charge >= 0.3 is 0 Å². The van der Waals surface area contributed by atoms with Crippen molar-refractivity contribution in [3.8, 4) is 5.75 Å². The lowest BCUT2D eigenvalue weighted by Gasteiger charge is -2.12. The second-order valence-electron chi connectivity index (χ2n) is 4.80. The Morgan fingerprint density at radius 3 is 2.71 bits per heavy atom. The molecule has 1 aromatic heterocycles. The molecule has 1 aromatic carbocycles. The van der Waals surface area contributed by atoms with Crippen LogP contribution in [0.3, 0.4) is 0 Å². The maximum atomic E-state index is 5.67. The van der Waals surface area contributed by atoms with E-state index >= 15 is 0 Å². The highest BCUT2D eigenvalue weighted by Gasteiger charge is 1.99. The summed E-state index contributed by atoms with van der Waals surface area (Å²) in [7, 11) is 1.76. The molecule has 2 aromatic rings. The van der Waals surface area contributed by atoms with E-state index in [2.05, 4.69) is 36.5 Å². The van der Waals surface area contributed by atoms with E-state index in [9.17, 15) is 0 Å². The third-order valence-corrected chi connectivity index (χ3v) is 3.58. The summed E-state index contributed by atoms with van der Waals surface area (Å²) in [5.74, 6) is 1.61. The van der Waals surface area contributed by atoms with Crippen molar-refractivity contribution in [3.05, 3.63) is 58.8 Å². The monoisotopic (exact) mass is 504 g/mol. The predicted molar refractivity (Wildman–Crippen MR) is 112 cm³/mol. The number of aromatic nitrogens is 1. The van der Waals surface area contributed by atoms with E-state index in [1.165, 1.54) is 0 Å². The second kappa shape index (κ2) is 12.1. The number of ether oxygens (including phenoxy) is 1. The van der Waals surface area contributed by atoms with Crippen LogP contribution in [0.15, 0.2) is 58.1 Å². The van der Waals surface area contributed by atoms with Crippen molar-refractivity contribution in [2.45, 2.75) is 6.42 Å². The zero-order chi connectivity index (χ0) is 16.3. The minimum Gasteiger partial charge on any atom is -0.492 e. The average molecular weight is 505 g/mol. The van der Waals surface area contributed by atoms with Crippen LogP contribution < -0.4 is 15.4 Å². The molecule has 24 heavy (non-hydrogen) atoms. The molecule has 0 unspecified atom stereocenters. The van der Waals surface area contributed by atoms with Crippen LogP contribution in [0.5, 0.6) is 5.75 Å². The van der Waals surface area contributed by atoms with Crippen molar-refractivity contribution >= 4 is 45.9 Å². The molecule has 0 aliphatic carbocycles. The van der Waals surface area contributed by atoms with Gasteiger partial charge in [0.05, 0.1) is 6.54 Å². The molecule has 0 radical (unpaired) electrons. The molecule has 0 amide bonds. The molecule has 0 bridgehead atoms. The average Bonchev–Trinajstić information content (AvgIpc) is 2.58. The lowest BCUT2D eigenvalue weighted by Crippen LogP contribution is -2.40. The minimum absolute atomic E-state index is 0. The van der Waals surface area contributed by atoms with Crippen LogP contribution in [0.25, 0.3) is 0 Å². The highest BCUT2D eigenvalue weighted by Crippen LogP contribution is 2.17. The van der Waals surface area contributed by atoms with Gasteiger partial charge in [-0.3, -0.25) is 9.98 Å². The third-order valence-electron chi connectivity index (χ3n) is 3.08. The maximum Gasteiger partial charge on any atom is 0.191 e. The van der Waals surface area contributed by atoms with Crippen LogP contribution in [0.2, 0.25) is 0 Å². The summed E-state index contributed by atoms with van der Waals surface area (Å²) in [4.78, 5) is 8.48. The van der Waals surface area contributed by atoms with Gasteiger partial charge in [0.15, 0.2) is 5.96 Å². The summed E-state index contributed by atoms with van der Waals surface area (Å²) >= 11 is 3.42. The molecular formula is C17H22BrIN4O. The second-order valence-corrected chi connectivity index (χ2v) is 5.72. The van der Waals surface area contributed by atoms with Gasteiger partial charge in [0.1, 0.15) is 12.4 Å². The molecular weight excluding hydrogens is 483 g/mol. The number of halogens is 2. The molecule has 7 heteroatoms. The van der Waals surface area contributed by atoms with Crippen LogP contribution in [-0.2, 0) is 6.42 Å².